The molecular weight excluding hydrogens is 380 g/mol. The van der Waals surface area contributed by atoms with Gasteiger partial charge in [-0.3, -0.25) is 19.8 Å². The van der Waals surface area contributed by atoms with Gasteiger partial charge in [-0.2, -0.15) is 0 Å². The molecule has 0 unspecified atom stereocenters. The fourth-order valence-electron chi connectivity index (χ4n) is 4.24. The van der Waals surface area contributed by atoms with Gasteiger partial charge in [0.25, 0.3) is 11.2 Å². The molecule has 0 spiro atoms. The summed E-state index contributed by atoms with van der Waals surface area (Å²) in [5.41, 5.74) is 2.26. The molecule has 1 fully saturated rings. The van der Waals surface area contributed by atoms with Gasteiger partial charge in [0.05, 0.1) is 16.2 Å². The van der Waals surface area contributed by atoms with Gasteiger partial charge in [-0.05, 0) is 24.5 Å². The summed E-state index contributed by atoms with van der Waals surface area (Å²) >= 11 is 6.23. The number of nitrogens with zero attached hydrogens (tertiary/aromatic N) is 3. The van der Waals surface area contributed by atoms with Crippen molar-refractivity contribution < 1.29 is 4.92 Å². The number of nitrogens with one attached hydrogen (secondary N) is 1. The Morgan fingerprint density at radius 2 is 2.07 bits per heavy atom. The first-order valence-corrected chi connectivity index (χ1v) is 10.2. The maximum atomic E-state index is 12.7. The topological polar surface area (TPSA) is 92.1 Å². The Labute approximate surface area is 167 Å². The molecule has 0 radical (unpaired) electrons. The smallest absolute Gasteiger partial charge is 0.269 e. The summed E-state index contributed by atoms with van der Waals surface area (Å²) in [5.74, 6) is 1.21. The number of hydrogen-bond acceptors (Lipinski definition) is 5. The lowest BCUT2D eigenvalue weighted by molar-refractivity contribution is -0.384. The van der Waals surface area contributed by atoms with E-state index in [9.17, 15) is 14.9 Å². The molecule has 0 amide bonds. The van der Waals surface area contributed by atoms with Crippen LogP contribution in [0.2, 0.25) is 5.02 Å². The molecule has 0 atom stereocenters. The molecule has 1 aromatic carbocycles. The minimum atomic E-state index is -0.424. The molecule has 1 N–H and O–H groups in total. The van der Waals surface area contributed by atoms with Crippen LogP contribution in [0, 0.1) is 10.1 Å². The van der Waals surface area contributed by atoms with E-state index >= 15 is 0 Å². The summed E-state index contributed by atoms with van der Waals surface area (Å²) in [4.78, 5) is 33.2. The summed E-state index contributed by atoms with van der Waals surface area (Å²) in [6.07, 6.45) is 6.55. The predicted octanol–water partition coefficient (Wildman–Crippen LogP) is 3.94. The highest BCUT2D eigenvalue weighted by Gasteiger charge is 2.25. The Bertz CT molecular complexity index is 953. The Morgan fingerprint density at radius 1 is 1.29 bits per heavy atom. The van der Waals surface area contributed by atoms with E-state index in [0.717, 1.165) is 30.9 Å². The van der Waals surface area contributed by atoms with E-state index in [2.05, 4.69) is 9.88 Å². The number of hydrogen-bond donors (Lipinski definition) is 1. The molecule has 1 aromatic heterocycles. The summed E-state index contributed by atoms with van der Waals surface area (Å²) in [6, 6.07) is 4.46. The maximum Gasteiger partial charge on any atom is 0.269 e. The van der Waals surface area contributed by atoms with E-state index in [0.29, 0.717) is 41.6 Å². The van der Waals surface area contributed by atoms with Crippen molar-refractivity contribution in [1.82, 2.24) is 14.9 Å². The molecule has 1 aliphatic carbocycles. The number of nitro groups is 1. The van der Waals surface area contributed by atoms with Gasteiger partial charge >= 0.3 is 0 Å². The Balaban J connectivity index is 1.53. The third kappa shape index (κ3) is 3.95. The van der Waals surface area contributed by atoms with Gasteiger partial charge in [-0.15, -0.1) is 0 Å². The van der Waals surface area contributed by atoms with E-state index in [1.54, 1.807) is 6.07 Å². The van der Waals surface area contributed by atoms with Crippen LogP contribution in [0.15, 0.2) is 23.0 Å². The van der Waals surface area contributed by atoms with Crippen LogP contribution in [-0.4, -0.2) is 26.3 Å². The molecular formula is C20H23ClN4O3. The molecule has 2 aromatic rings. The van der Waals surface area contributed by atoms with Crippen LogP contribution in [0.25, 0.3) is 0 Å². The number of aromatic amines is 1. The number of benzene rings is 1. The molecule has 7 nitrogen and oxygen atoms in total. The lowest BCUT2D eigenvalue weighted by atomic mass is 9.88. The molecule has 2 heterocycles. The second-order valence-electron chi connectivity index (χ2n) is 7.70. The van der Waals surface area contributed by atoms with Crippen molar-refractivity contribution in [2.75, 3.05) is 6.54 Å². The summed E-state index contributed by atoms with van der Waals surface area (Å²) in [7, 11) is 0. The van der Waals surface area contributed by atoms with Crippen LogP contribution < -0.4 is 5.56 Å². The van der Waals surface area contributed by atoms with Crippen LogP contribution in [0.4, 0.5) is 5.69 Å². The summed E-state index contributed by atoms with van der Waals surface area (Å²) < 4.78 is 0. The predicted molar refractivity (Wildman–Crippen MR) is 107 cm³/mol. The van der Waals surface area contributed by atoms with E-state index in [-0.39, 0.29) is 11.2 Å². The second-order valence-corrected chi connectivity index (χ2v) is 8.11. The largest absolute Gasteiger partial charge is 0.310 e. The van der Waals surface area contributed by atoms with Gasteiger partial charge in [-0.25, -0.2) is 4.98 Å². The van der Waals surface area contributed by atoms with Crippen molar-refractivity contribution in [3.63, 3.8) is 0 Å². The van der Waals surface area contributed by atoms with Crippen LogP contribution in [0.1, 0.15) is 60.7 Å². The van der Waals surface area contributed by atoms with Gasteiger partial charge in [0.1, 0.15) is 5.82 Å². The van der Waals surface area contributed by atoms with Crippen LogP contribution >= 0.6 is 11.6 Å². The van der Waals surface area contributed by atoms with Gasteiger partial charge in [0.15, 0.2) is 0 Å². The van der Waals surface area contributed by atoms with Gasteiger partial charge in [0, 0.05) is 49.1 Å². The monoisotopic (exact) mass is 402 g/mol. The fourth-order valence-corrected chi connectivity index (χ4v) is 4.42. The summed E-state index contributed by atoms with van der Waals surface area (Å²) in [6.45, 7) is 1.68. The number of fused-ring (bicyclic) bond motifs is 1. The Kier molecular flexibility index (Phi) is 5.46. The van der Waals surface area contributed by atoms with Crippen molar-refractivity contribution in [3.05, 3.63) is 66.3 Å². The Hall–Kier alpha value is -2.25. The SMILES string of the molecule is O=c1[nH]c(C2CCCCC2)nc2c1CN(Cc1cc([N+](=O)[O-])ccc1Cl)CC2. The first kappa shape index (κ1) is 19.1. The quantitative estimate of drug-likeness (QED) is 0.617. The van der Waals surface area contributed by atoms with Crippen LogP contribution in [0.5, 0.6) is 0 Å². The molecule has 1 aliphatic heterocycles. The first-order valence-electron chi connectivity index (χ1n) is 9.78. The molecule has 4 rings (SSSR count). The third-order valence-corrected chi connectivity index (χ3v) is 6.16. The zero-order chi connectivity index (χ0) is 19.7. The number of aromatic nitrogens is 2. The Morgan fingerprint density at radius 3 is 2.82 bits per heavy atom. The molecule has 148 valence electrons. The average Bonchev–Trinajstić information content (AvgIpc) is 2.70. The molecule has 0 bridgehead atoms. The van der Waals surface area contributed by atoms with Crippen LogP contribution in [-0.2, 0) is 19.5 Å². The van der Waals surface area contributed by atoms with Crippen molar-refractivity contribution in [1.29, 1.82) is 0 Å². The zero-order valence-corrected chi connectivity index (χ0v) is 16.4. The highest BCUT2D eigenvalue weighted by Crippen LogP contribution is 2.31. The first-order chi connectivity index (χ1) is 13.5. The normalized spacial score (nSPS) is 18.0. The van der Waals surface area contributed by atoms with Crippen molar-refractivity contribution in [2.24, 2.45) is 0 Å². The molecule has 1 saturated carbocycles. The summed E-state index contributed by atoms with van der Waals surface area (Å²) in [5, 5.41) is 11.5. The van der Waals surface area contributed by atoms with E-state index in [1.165, 1.54) is 31.4 Å². The number of rotatable bonds is 4. The minimum absolute atomic E-state index is 0.0217. The molecule has 2 aliphatic rings. The van der Waals surface area contributed by atoms with E-state index < -0.39 is 4.92 Å². The third-order valence-electron chi connectivity index (χ3n) is 5.79. The lowest BCUT2D eigenvalue weighted by Gasteiger charge is -2.29. The molecule has 28 heavy (non-hydrogen) atoms. The highest BCUT2D eigenvalue weighted by molar-refractivity contribution is 6.31. The van der Waals surface area contributed by atoms with E-state index in [1.807, 2.05) is 0 Å². The maximum absolute atomic E-state index is 12.7. The standard InChI is InChI=1S/C20H23ClN4O3/c21-17-7-6-15(25(27)28)10-14(17)11-24-9-8-18-16(12-24)20(26)23-19(22-18)13-4-2-1-3-5-13/h6-7,10,13H,1-5,8-9,11-12H2,(H,22,23,26). The zero-order valence-electron chi connectivity index (χ0n) is 15.6. The average molecular weight is 403 g/mol. The van der Waals surface area contributed by atoms with Gasteiger partial charge < -0.3 is 4.98 Å². The minimum Gasteiger partial charge on any atom is -0.310 e. The highest BCUT2D eigenvalue weighted by atomic mass is 35.5. The lowest BCUT2D eigenvalue weighted by Crippen LogP contribution is -2.36. The van der Waals surface area contributed by atoms with Crippen molar-refractivity contribution >= 4 is 17.3 Å². The number of nitro benzene ring substituents is 1. The van der Waals surface area contributed by atoms with Gasteiger partial charge in [0.2, 0.25) is 0 Å². The van der Waals surface area contributed by atoms with Crippen molar-refractivity contribution in [2.45, 2.75) is 57.5 Å². The number of halogens is 1. The van der Waals surface area contributed by atoms with Crippen molar-refractivity contribution in [3.8, 4) is 0 Å². The van der Waals surface area contributed by atoms with E-state index in [4.69, 9.17) is 16.6 Å². The van der Waals surface area contributed by atoms with Crippen LogP contribution in [0.3, 0.4) is 0 Å². The number of non-ortho nitro benzene ring substituents is 1. The molecule has 0 saturated heterocycles. The molecule has 8 heteroatoms. The number of H-pyrrole nitrogens is 1. The fraction of sp³-hybridized carbons (Fsp3) is 0.500. The second kappa shape index (κ2) is 8.01. The van der Waals surface area contributed by atoms with Gasteiger partial charge in [-0.1, -0.05) is 30.9 Å².